The van der Waals surface area contributed by atoms with Gasteiger partial charge < -0.3 is 28.3 Å². The normalized spacial score (nSPS) is 16.1. The largest absolute Gasteiger partial charge is 0.495 e. The van der Waals surface area contributed by atoms with E-state index in [-0.39, 0.29) is 18.3 Å². The van der Waals surface area contributed by atoms with Gasteiger partial charge in [0, 0.05) is 32.1 Å². The van der Waals surface area contributed by atoms with Crippen LogP contribution < -0.4 is 5.46 Å². The third-order valence-electron chi connectivity index (χ3n) is 13.5. The highest BCUT2D eigenvalue weighted by molar-refractivity contribution is 14.1. The van der Waals surface area contributed by atoms with Crippen molar-refractivity contribution >= 4 is 57.2 Å². The van der Waals surface area contributed by atoms with Crippen molar-refractivity contribution in [3.05, 3.63) is 121 Å². The molecule has 0 spiro atoms. The van der Waals surface area contributed by atoms with Gasteiger partial charge in [0.15, 0.2) is 0 Å². The number of H-pyrrole nitrogens is 2. The summed E-state index contributed by atoms with van der Waals surface area (Å²) < 4.78 is 24.1. The maximum Gasteiger partial charge on any atom is 0.495 e. The Hall–Kier alpha value is -5.05. The first-order valence-electron chi connectivity index (χ1n) is 23.5. The number of hydrogen-bond donors (Lipinski definition) is 2. The lowest BCUT2D eigenvalue weighted by molar-refractivity contribution is 0.00578. The average Bonchev–Trinajstić information content (AvgIpc) is 4.12. The highest BCUT2D eigenvalue weighted by Crippen LogP contribution is 2.44. The highest BCUT2D eigenvalue weighted by Gasteiger charge is 2.52. The van der Waals surface area contributed by atoms with Crippen molar-refractivity contribution in [3.8, 4) is 33.4 Å². The van der Waals surface area contributed by atoms with Gasteiger partial charge in [-0.25, -0.2) is 9.97 Å². The number of halogens is 1. The average molecular weight is 999 g/mol. The van der Waals surface area contributed by atoms with E-state index in [1.807, 2.05) is 41.5 Å². The van der Waals surface area contributed by atoms with Gasteiger partial charge in [-0.2, -0.15) is 0 Å². The predicted molar refractivity (Wildman–Crippen MR) is 277 cm³/mol. The molecule has 3 fully saturated rings. The maximum absolute atomic E-state index is 6.09. The second-order valence-electron chi connectivity index (χ2n) is 19.1. The van der Waals surface area contributed by atoms with Gasteiger partial charge in [-0.1, -0.05) is 71.7 Å². The Kier molecular flexibility index (Phi) is 13.3. The lowest BCUT2D eigenvalue weighted by Crippen LogP contribution is -2.41. The molecule has 4 aromatic heterocycles. The fraction of sp³-hybridized carbons (Fsp3) is 0.407. The number of nitrogens with one attached hydrogen (secondary N) is 2. The van der Waals surface area contributed by atoms with Gasteiger partial charge >= 0.3 is 7.12 Å². The fourth-order valence-electron chi connectivity index (χ4n) is 9.00. The zero-order chi connectivity index (χ0) is 47.4. The molecular weight excluding hydrogens is 934 g/mol. The molecule has 66 heavy (non-hydrogen) atoms. The summed E-state index contributed by atoms with van der Waals surface area (Å²) in [7, 11) is -0.249. The van der Waals surface area contributed by atoms with Crippen molar-refractivity contribution in [3.63, 3.8) is 0 Å². The lowest BCUT2D eigenvalue weighted by atomic mass is 9.73. The van der Waals surface area contributed by atoms with Crippen LogP contribution in [0.5, 0.6) is 0 Å². The number of aryl methyl sites for hydroxylation is 8. The molecule has 12 heteroatoms. The van der Waals surface area contributed by atoms with E-state index in [0.717, 1.165) is 78.9 Å². The van der Waals surface area contributed by atoms with Crippen LogP contribution in [-0.4, -0.2) is 48.6 Å². The molecule has 3 aliphatic rings. The maximum atomic E-state index is 6.09. The first kappa shape index (κ1) is 47.4. The summed E-state index contributed by atoms with van der Waals surface area (Å²) in [5.41, 5.74) is 18.7. The standard InChI is InChI=1S/C23H23N3O.C15H14IN3O.C14H21BO2.C2H6/c1-12-6-5-7-13(2)20(12)18-10-17(21-14(3)26-27-15(21)4)11-19-22(18)25-23(24-19)16-8-9-16;1-7-13(8(2)20-19-7)10-5-11(16)14-12(6-10)17-15(18-14)9-3-4-9;1-10-8-7-9-11(2)12(10)15-16-13(3,4)14(5,6)17-15;1-2/h5-7,10-11,16H,8-9H2,1-4H3,(H,24,25);5-6,9H,3-4H2,1-2H3,(H,17,18);7-9H,1-6H3;1-2H3. The number of nitrogens with zero attached hydrogens (tertiary/aromatic N) is 4. The van der Waals surface area contributed by atoms with Crippen LogP contribution in [0.25, 0.3) is 55.4 Å². The summed E-state index contributed by atoms with van der Waals surface area (Å²) >= 11 is 2.36. The molecule has 4 aromatic carbocycles. The number of aromatic amines is 2. The van der Waals surface area contributed by atoms with E-state index in [9.17, 15) is 0 Å². The smallest absolute Gasteiger partial charge is 0.399 e. The third kappa shape index (κ3) is 9.30. The van der Waals surface area contributed by atoms with E-state index in [1.165, 1.54) is 68.1 Å². The number of benzene rings is 4. The van der Waals surface area contributed by atoms with E-state index in [4.69, 9.17) is 28.3 Å². The Bertz CT molecular complexity index is 2960. The first-order valence-corrected chi connectivity index (χ1v) is 24.6. The molecule has 0 amide bonds. The van der Waals surface area contributed by atoms with E-state index < -0.39 is 0 Å². The van der Waals surface area contributed by atoms with Gasteiger partial charge in [0.2, 0.25) is 0 Å². The molecule has 344 valence electrons. The van der Waals surface area contributed by atoms with E-state index in [0.29, 0.717) is 11.8 Å². The molecule has 5 heterocycles. The second-order valence-corrected chi connectivity index (χ2v) is 20.3. The lowest BCUT2D eigenvalue weighted by Gasteiger charge is -2.32. The number of fused-ring (bicyclic) bond motifs is 2. The Morgan fingerprint density at radius 1 is 0.576 bits per heavy atom. The van der Waals surface area contributed by atoms with Crippen molar-refractivity contribution in [2.24, 2.45) is 0 Å². The summed E-state index contributed by atoms with van der Waals surface area (Å²) in [6, 6.07) is 21.5. The Labute approximate surface area is 403 Å². The molecule has 0 bridgehead atoms. The molecule has 10 nitrogen and oxygen atoms in total. The minimum atomic E-state index is -0.271. The van der Waals surface area contributed by atoms with Crippen molar-refractivity contribution < 1.29 is 18.4 Å². The SMILES string of the molecule is CC.Cc1cccc(C)c1-c1cc(-c2c(C)noc2C)cc2[nH]c(C3CC3)nc12.Cc1cccc(C)c1B1OC(C)(C)C(C)(C)O1.Cc1noc(C)c1-c1cc(I)c2nc(C3CC3)[nH]c2c1. The summed E-state index contributed by atoms with van der Waals surface area (Å²) in [4.78, 5) is 16.8. The molecule has 0 unspecified atom stereocenters. The number of imidazole rings is 2. The molecule has 1 aliphatic heterocycles. The molecule has 1 saturated heterocycles. The molecule has 2 aliphatic carbocycles. The monoisotopic (exact) mass is 998 g/mol. The van der Waals surface area contributed by atoms with Gasteiger partial charge in [0.25, 0.3) is 0 Å². The Morgan fingerprint density at radius 2 is 1.00 bits per heavy atom. The topological polar surface area (TPSA) is 128 Å². The Balaban J connectivity index is 0.000000136. The van der Waals surface area contributed by atoms with Crippen LogP contribution in [-0.2, 0) is 9.31 Å². The zero-order valence-corrected chi connectivity index (χ0v) is 43.3. The van der Waals surface area contributed by atoms with Crippen molar-refractivity contribution in [1.29, 1.82) is 0 Å². The van der Waals surface area contributed by atoms with E-state index in [2.05, 4.69) is 159 Å². The molecule has 2 N–H and O–H groups in total. The number of hydrogen-bond acceptors (Lipinski definition) is 8. The van der Waals surface area contributed by atoms with Gasteiger partial charge in [-0.3, -0.25) is 0 Å². The van der Waals surface area contributed by atoms with Gasteiger partial charge in [0.1, 0.15) is 28.7 Å². The zero-order valence-electron chi connectivity index (χ0n) is 41.1. The molecular formula is C54H64BIN6O4. The second kappa shape index (κ2) is 18.6. The predicted octanol–water partition coefficient (Wildman–Crippen LogP) is 13.9. The van der Waals surface area contributed by atoms with Crippen molar-refractivity contribution in [1.82, 2.24) is 30.2 Å². The minimum Gasteiger partial charge on any atom is -0.399 e. The van der Waals surface area contributed by atoms with E-state index >= 15 is 0 Å². The van der Waals surface area contributed by atoms with Crippen LogP contribution in [0.2, 0.25) is 0 Å². The highest BCUT2D eigenvalue weighted by atomic mass is 127. The fourth-order valence-corrected chi connectivity index (χ4v) is 9.75. The number of aromatic nitrogens is 6. The van der Waals surface area contributed by atoms with Gasteiger partial charge in [0.05, 0.1) is 39.1 Å². The van der Waals surface area contributed by atoms with Gasteiger partial charge in [-0.05, 0) is 189 Å². The van der Waals surface area contributed by atoms with Gasteiger partial charge in [-0.15, -0.1) is 0 Å². The molecule has 2 saturated carbocycles. The molecule has 0 radical (unpaired) electrons. The van der Waals surface area contributed by atoms with Crippen LogP contribution in [0.4, 0.5) is 0 Å². The first-order chi connectivity index (χ1) is 31.4. The summed E-state index contributed by atoms with van der Waals surface area (Å²) in [5, 5.41) is 8.20. The van der Waals surface area contributed by atoms with Crippen LogP contribution in [0.3, 0.4) is 0 Å². The molecule has 8 aromatic rings. The minimum absolute atomic E-state index is 0.249. The van der Waals surface area contributed by atoms with Crippen LogP contribution in [0.1, 0.15) is 136 Å². The number of rotatable bonds is 6. The van der Waals surface area contributed by atoms with Crippen LogP contribution in [0, 0.1) is 59.0 Å². The van der Waals surface area contributed by atoms with Crippen LogP contribution in [0.15, 0.2) is 69.7 Å². The summed E-state index contributed by atoms with van der Waals surface area (Å²) in [5.74, 6) is 5.19. The molecule has 0 atom stereocenters. The van der Waals surface area contributed by atoms with Crippen molar-refractivity contribution in [2.75, 3.05) is 0 Å². The van der Waals surface area contributed by atoms with Crippen molar-refractivity contribution in [2.45, 2.75) is 146 Å². The summed E-state index contributed by atoms with van der Waals surface area (Å²) in [6.07, 6.45) is 4.98. The summed E-state index contributed by atoms with van der Waals surface area (Å²) in [6.45, 7) is 28.8. The molecule has 11 rings (SSSR count). The Morgan fingerprint density at radius 3 is 1.44 bits per heavy atom. The quantitative estimate of drug-likeness (QED) is 0.125. The van der Waals surface area contributed by atoms with Crippen LogP contribution >= 0.6 is 22.6 Å². The van der Waals surface area contributed by atoms with E-state index in [1.54, 1.807) is 0 Å². The third-order valence-corrected chi connectivity index (χ3v) is 14.3.